The molecular formula is C25H23N3O2S. The van der Waals surface area contributed by atoms with E-state index in [2.05, 4.69) is 10.5 Å². The summed E-state index contributed by atoms with van der Waals surface area (Å²) in [5, 5.41) is 5.10. The highest BCUT2D eigenvalue weighted by Gasteiger charge is 2.14. The molecule has 0 atom stereocenters. The van der Waals surface area contributed by atoms with Gasteiger partial charge in [0, 0.05) is 15.8 Å². The van der Waals surface area contributed by atoms with Gasteiger partial charge >= 0.3 is 0 Å². The summed E-state index contributed by atoms with van der Waals surface area (Å²) in [6.45, 7) is 6.50. The molecule has 0 saturated carbocycles. The van der Waals surface area contributed by atoms with Gasteiger partial charge in [0.15, 0.2) is 0 Å². The van der Waals surface area contributed by atoms with E-state index in [9.17, 15) is 4.79 Å². The first kappa shape index (κ1) is 20.8. The second-order valence-corrected chi connectivity index (χ2v) is 8.37. The number of benzene rings is 2. The number of rotatable bonds is 6. The van der Waals surface area contributed by atoms with Gasteiger partial charge in [-0.05, 0) is 69.3 Å². The molecule has 0 saturated heterocycles. The molecule has 4 aromatic rings. The molecular weight excluding hydrogens is 406 g/mol. The smallest absolute Gasteiger partial charge is 0.272 e. The maximum Gasteiger partial charge on any atom is 0.272 e. The van der Waals surface area contributed by atoms with Gasteiger partial charge in [0.1, 0.15) is 5.75 Å². The number of aromatic nitrogens is 1. The number of amides is 1. The standard InChI is InChI=1S/C25H23N3O2S/c1-4-30-19-12-10-18(11-13-19)23-15-21(20-7-5-6-8-22(20)26-23)25(29)28-27-17(3)24-14-9-16(2)31-24/h5-15H,4H2,1-3H3,(H,28,29)/b27-17+. The Bertz CT molecular complexity index is 1260. The number of carbonyl (C=O) groups excluding carboxylic acids is 1. The highest BCUT2D eigenvalue weighted by atomic mass is 32.1. The molecule has 0 bridgehead atoms. The number of ether oxygens (including phenoxy) is 1. The first-order valence-corrected chi connectivity index (χ1v) is 10.9. The Kier molecular flexibility index (Phi) is 6.09. The van der Waals surface area contributed by atoms with Gasteiger partial charge in [0.25, 0.3) is 5.91 Å². The third-order valence-electron chi connectivity index (χ3n) is 4.84. The van der Waals surface area contributed by atoms with Crippen LogP contribution in [0, 0.1) is 6.92 Å². The van der Waals surface area contributed by atoms with Crippen LogP contribution in [0.2, 0.25) is 0 Å². The molecule has 0 aliphatic heterocycles. The molecule has 0 spiro atoms. The average molecular weight is 430 g/mol. The Morgan fingerprint density at radius 1 is 1.10 bits per heavy atom. The summed E-state index contributed by atoms with van der Waals surface area (Å²) >= 11 is 1.65. The van der Waals surface area contributed by atoms with Crippen molar-refractivity contribution < 1.29 is 9.53 Å². The van der Waals surface area contributed by atoms with Gasteiger partial charge in [0.05, 0.1) is 34.0 Å². The summed E-state index contributed by atoms with van der Waals surface area (Å²) in [5.41, 5.74) is 6.42. The Labute approximate surface area is 185 Å². The van der Waals surface area contributed by atoms with Crippen LogP contribution in [0.3, 0.4) is 0 Å². The first-order chi connectivity index (χ1) is 15.0. The summed E-state index contributed by atoms with van der Waals surface area (Å²) in [6.07, 6.45) is 0. The van der Waals surface area contributed by atoms with E-state index < -0.39 is 0 Å². The number of hydrogen-bond acceptors (Lipinski definition) is 5. The van der Waals surface area contributed by atoms with Crippen LogP contribution in [0.25, 0.3) is 22.2 Å². The Hall–Kier alpha value is -3.51. The van der Waals surface area contributed by atoms with E-state index in [1.54, 1.807) is 11.3 Å². The summed E-state index contributed by atoms with van der Waals surface area (Å²) in [6, 6.07) is 21.2. The van der Waals surface area contributed by atoms with Gasteiger partial charge < -0.3 is 4.74 Å². The van der Waals surface area contributed by atoms with E-state index in [1.807, 2.05) is 87.5 Å². The summed E-state index contributed by atoms with van der Waals surface area (Å²) in [7, 11) is 0. The normalized spacial score (nSPS) is 11.5. The van der Waals surface area contributed by atoms with Crippen LogP contribution in [-0.4, -0.2) is 23.2 Å². The highest BCUT2D eigenvalue weighted by Crippen LogP contribution is 2.26. The maximum absolute atomic E-state index is 13.1. The number of aryl methyl sites for hydroxylation is 1. The van der Waals surface area contributed by atoms with Crippen molar-refractivity contribution in [3.8, 4) is 17.0 Å². The lowest BCUT2D eigenvalue weighted by molar-refractivity contribution is 0.0956. The predicted octanol–water partition coefficient (Wildman–Crippen LogP) is 5.82. The molecule has 156 valence electrons. The van der Waals surface area contributed by atoms with Crippen molar-refractivity contribution in [2.24, 2.45) is 5.10 Å². The Balaban J connectivity index is 1.68. The minimum atomic E-state index is -0.265. The minimum Gasteiger partial charge on any atom is -0.494 e. The second-order valence-electron chi connectivity index (χ2n) is 7.08. The number of carbonyl (C=O) groups is 1. The molecule has 1 amide bonds. The van der Waals surface area contributed by atoms with E-state index in [4.69, 9.17) is 9.72 Å². The van der Waals surface area contributed by atoms with Gasteiger partial charge in [-0.2, -0.15) is 5.10 Å². The van der Waals surface area contributed by atoms with Gasteiger partial charge in [-0.3, -0.25) is 4.79 Å². The molecule has 0 radical (unpaired) electrons. The van der Waals surface area contributed by atoms with Gasteiger partial charge in [-0.15, -0.1) is 11.3 Å². The minimum absolute atomic E-state index is 0.265. The van der Waals surface area contributed by atoms with E-state index in [0.717, 1.165) is 38.5 Å². The van der Waals surface area contributed by atoms with Crippen molar-refractivity contribution in [3.05, 3.63) is 82.0 Å². The zero-order chi connectivity index (χ0) is 21.8. The van der Waals surface area contributed by atoms with Gasteiger partial charge in [-0.25, -0.2) is 10.4 Å². The van der Waals surface area contributed by atoms with Crippen LogP contribution in [-0.2, 0) is 0 Å². The van der Waals surface area contributed by atoms with Crippen molar-refractivity contribution in [1.29, 1.82) is 0 Å². The summed E-state index contributed by atoms with van der Waals surface area (Å²) in [5.74, 6) is 0.539. The number of para-hydroxylation sites is 1. The maximum atomic E-state index is 13.1. The van der Waals surface area contributed by atoms with Crippen molar-refractivity contribution >= 4 is 33.9 Å². The molecule has 5 nitrogen and oxygen atoms in total. The Morgan fingerprint density at radius 2 is 1.87 bits per heavy atom. The molecule has 0 aliphatic carbocycles. The summed E-state index contributed by atoms with van der Waals surface area (Å²) < 4.78 is 5.52. The number of nitrogens with zero attached hydrogens (tertiary/aromatic N) is 2. The quantitative estimate of drug-likeness (QED) is 0.310. The van der Waals surface area contributed by atoms with Gasteiger partial charge in [0.2, 0.25) is 0 Å². The van der Waals surface area contributed by atoms with Crippen molar-refractivity contribution in [2.75, 3.05) is 6.61 Å². The number of nitrogens with one attached hydrogen (secondary N) is 1. The third-order valence-corrected chi connectivity index (χ3v) is 5.95. The number of pyridine rings is 1. The molecule has 4 rings (SSSR count). The largest absolute Gasteiger partial charge is 0.494 e. The van der Waals surface area contributed by atoms with E-state index in [1.165, 1.54) is 4.88 Å². The van der Waals surface area contributed by atoms with Crippen LogP contribution < -0.4 is 10.2 Å². The third kappa shape index (κ3) is 4.64. The molecule has 6 heteroatoms. The predicted molar refractivity (Wildman–Crippen MR) is 127 cm³/mol. The average Bonchev–Trinajstić information content (AvgIpc) is 3.23. The number of hydrazone groups is 1. The lowest BCUT2D eigenvalue weighted by atomic mass is 10.0. The molecule has 0 aliphatic rings. The fraction of sp³-hybridized carbons (Fsp3) is 0.160. The SMILES string of the molecule is CCOc1ccc(-c2cc(C(=O)N/N=C(\C)c3ccc(C)s3)c3ccccc3n2)cc1. The van der Waals surface area contributed by atoms with Crippen LogP contribution >= 0.6 is 11.3 Å². The molecule has 1 N–H and O–H groups in total. The lowest BCUT2D eigenvalue weighted by Gasteiger charge is -2.10. The van der Waals surface area contributed by atoms with E-state index >= 15 is 0 Å². The Morgan fingerprint density at radius 3 is 2.58 bits per heavy atom. The first-order valence-electron chi connectivity index (χ1n) is 10.1. The number of thiophene rings is 1. The fourth-order valence-corrected chi connectivity index (χ4v) is 4.09. The molecule has 0 unspecified atom stereocenters. The topological polar surface area (TPSA) is 63.6 Å². The second kappa shape index (κ2) is 9.10. The van der Waals surface area contributed by atoms with Crippen LogP contribution in [0.4, 0.5) is 0 Å². The van der Waals surface area contributed by atoms with Crippen molar-refractivity contribution in [1.82, 2.24) is 10.4 Å². The molecule has 0 fully saturated rings. The van der Waals surface area contributed by atoms with Gasteiger partial charge in [-0.1, -0.05) is 18.2 Å². The molecule has 31 heavy (non-hydrogen) atoms. The fourth-order valence-electron chi connectivity index (χ4n) is 3.28. The van der Waals surface area contributed by atoms with E-state index in [0.29, 0.717) is 12.2 Å². The highest BCUT2D eigenvalue weighted by molar-refractivity contribution is 7.14. The summed E-state index contributed by atoms with van der Waals surface area (Å²) in [4.78, 5) is 20.1. The number of hydrogen-bond donors (Lipinski definition) is 1. The van der Waals surface area contributed by atoms with E-state index in [-0.39, 0.29) is 5.91 Å². The molecule has 2 heterocycles. The zero-order valence-electron chi connectivity index (χ0n) is 17.7. The van der Waals surface area contributed by atoms with Crippen LogP contribution in [0.1, 0.15) is 34.0 Å². The van der Waals surface area contributed by atoms with Crippen LogP contribution in [0.15, 0.2) is 71.8 Å². The zero-order valence-corrected chi connectivity index (χ0v) is 18.5. The van der Waals surface area contributed by atoms with Crippen molar-refractivity contribution in [3.63, 3.8) is 0 Å². The molecule has 2 aromatic carbocycles. The van der Waals surface area contributed by atoms with Crippen LogP contribution in [0.5, 0.6) is 5.75 Å². The monoisotopic (exact) mass is 429 g/mol. The van der Waals surface area contributed by atoms with Crippen molar-refractivity contribution in [2.45, 2.75) is 20.8 Å². The lowest BCUT2D eigenvalue weighted by Crippen LogP contribution is -2.19. The number of fused-ring (bicyclic) bond motifs is 1. The molecule has 2 aromatic heterocycles.